The highest BCUT2D eigenvalue weighted by Gasteiger charge is 2.17. The van der Waals surface area contributed by atoms with E-state index in [1.807, 2.05) is 32.0 Å². The van der Waals surface area contributed by atoms with Gasteiger partial charge in [0.1, 0.15) is 11.5 Å². The van der Waals surface area contributed by atoms with Gasteiger partial charge in [0.05, 0.1) is 12.8 Å². The molecule has 2 aromatic rings. The maximum absolute atomic E-state index is 12.0. The molecule has 0 aliphatic rings. The van der Waals surface area contributed by atoms with Gasteiger partial charge in [-0.05, 0) is 56.2 Å². The highest BCUT2D eigenvalue weighted by atomic mass is 79.9. The predicted molar refractivity (Wildman–Crippen MR) is 84.3 cm³/mol. The van der Waals surface area contributed by atoms with E-state index >= 15 is 0 Å². The molecule has 5 heteroatoms. The Balaban J connectivity index is 1.97. The van der Waals surface area contributed by atoms with Crippen LogP contribution < -0.4 is 10.1 Å². The number of carbonyl (C=O) groups excluding carboxylic acids is 1. The maximum Gasteiger partial charge on any atom is 0.261 e. The summed E-state index contributed by atoms with van der Waals surface area (Å²) in [5.41, 5.74) is 1.99. The number of furan rings is 1. The second-order valence-corrected chi connectivity index (χ2v) is 5.84. The molecule has 0 saturated heterocycles. The summed E-state index contributed by atoms with van der Waals surface area (Å²) in [5.74, 6) is 1.29. The molecule has 0 bridgehead atoms. The SMILES string of the molecule is Cc1cc(Br)cc(C)c1O[C@@H](C)C(=O)NCc1ccco1. The third kappa shape index (κ3) is 4.11. The molecule has 0 aliphatic carbocycles. The molecule has 1 heterocycles. The van der Waals surface area contributed by atoms with Gasteiger partial charge < -0.3 is 14.5 Å². The number of nitrogens with one attached hydrogen (secondary N) is 1. The van der Waals surface area contributed by atoms with E-state index in [1.54, 1.807) is 19.3 Å². The average molecular weight is 352 g/mol. The van der Waals surface area contributed by atoms with E-state index in [0.29, 0.717) is 12.3 Å². The molecule has 0 saturated carbocycles. The van der Waals surface area contributed by atoms with Crippen LogP contribution in [0, 0.1) is 13.8 Å². The lowest BCUT2D eigenvalue weighted by Gasteiger charge is -2.18. The monoisotopic (exact) mass is 351 g/mol. The van der Waals surface area contributed by atoms with Crippen LogP contribution in [0.3, 0.4) is 0 Å². The molecule has 0 unspecified atom stereocenters. The molecule has 112 valence electrons. The molecule has 4 nitrogen and oxygen atoms in total. The van der Waals surface area contributed by atoms with E-state index in [9.17, 15) is 4.79 Å². The van der Waals surface area contributed by atoms with Gasteiger partial charge in [0.2, 0.25) is 0 Å². The second-order valence-electron chi connectivity index (χ2n) is 4.93. The first-order valence-electron chi connectivity index (χ1n) is 6.71. The molecule has 1 N–H and O–H groups in total. The fourth-order valence-electron chi connectivity index (χ4n) is 2.04. The highest BCUT2D eigenvalue weighted by molar-refractivity contribution is 9.10. The Bertz CT molecular complexity index is 599. The topological polar surface area (TPSA) is 51.5 Å². The number of carbonyl (C=O) groups is 1. The largest absolute Gasteiger partial charge is 0.480 e. The van der Waals surface area contributed by atoms with Gasteiger partial charge in [-0.3, -0.25) is 4.79 Å². The summed E-state index contributed by atoms with van der Waals surface area (Å²) in [7, 11) is 0. The molecule has 1 aromatic carbocycles. The number of hydrogen-bond acceptors (Lipinski definition) is 3. The van der Waals surface area contributed by atoms with Crippen LogP contribution in [-0.4, -0.2) is 12.0 Å². The smallest absolute Gasteiger partial charge is 0.261 e. The third-order valence-electron chi connectivity index (χ3n) is 3.11. The van der Waals surface area contributed by atoms with Crippen molar-refractivity contribution >= 4 is 21.8 Å². The van der Waals surface area contributed by atoms with Gasteiger partial charge in [0.25, 0.3) is 5.91 Å². The molecule has 1 amide bonds. The minimum Gasteiger partial charge on any atom is -0.480 e. The molecule has 0 spiro atoms. The lowest BCUT2D eigenvalue weighted by molar-refractivity contribution is -0.127. The molecule has 1 aromatic heterocycles. The van der Waals surface area contributed by atoms with Gasteiger partial charge in [-0.15, -0.1) is 0 Å². The van der Waals surface area contributed by atoms with Crippen molar-refractivity contribution in [1.29, 1.82) is 0 Å². The zero-order chi connectivity index (χ0) is 15.4. The Labute approximate surface area is 132 Å². The predicted octanol–water partition coefficient (Wildman–Crippen LogP) is 3.74. The molecular weight excluding hydrogens is 334 g/mol. The van der Waals surface area contributed by atoms with Crippen molar-refractivity contribution in [3.63, 3.8) is 0 Å². The Kier molecular flexibility index (Phi) is 5.07. The zero-order valence-electron chi connectivity index (χ0n) is 12.3. The Hall–Kier alpha value is -1.75. The van der Waals surface area contributed by atoms with Crippen LogP contribution in [0.15, 0.2) is 39.4 Å². The van der Waals surface area contributed by atoms with E-state index in [-0.39, 0.29) is 5.91 Å². The molecule has 1 atom stereocenters. The van der Waals surface area contributed by atoms with Gasteiger partial charge in [-0.2, -0.15) is 0 Å². The lowest BCUT2D eigenvalue weighted by Crippen LogP contribution is -2.36. The van der Waals surface area contributed by atoms with E-state index < -0.39 is 6.10 Å². The summed E-state index contributed by atoms with van der Waals surface area (Å²) in [6, 6.07) is 7.54. The Morgan fingerprint density at radius 2 is 2.05 bits per heavy atom. The minimum atomic E-state index is -0.571. The van der Waals surface area contributed by atoms with Crippen LogP contribution in [0.4, 0.5) is 0 Å². The van der Waals surface area contributed by atoms with Gasteiger partial charge >= 0.3 is 0 Å². The van der Waals surface area contributed by atoms with Crippen LogP contribution in [0.2, 0.25) is 0 Å². The van der Waals surface area contributed by atoms with Crippen molar-refractivity contribution in [3.8, 4) is 5.75 Å². The highest BCUT2D eigenvalue weighted by Crippen LogP contribution is 2.28. The standard InChI is InChI=1S/C16H18BrNO3/c1-10-7-13(17)8-11(2)15(10)21-12(3)16(19)18-9-14-5-4-6-20-14/h4-8,12H,9H2,1-3H3,(H,18,19)/t12-/m0/s1. The Morgan fingerprint density at radius 3 is 2.62 bits per heavy atom. The first-order chi connectivity index (χ1) is 9.97. The van der Waals surface area contributed by atoms with E-state index in [1.165, 1.54) is 0 Å². The zero-order valence-corrected chi connectivity index (χ0v) is 13.9. The van der Waals surface area contributed by atoms with Crippen molar-refractivity contribution in [1.82, 2.24) is 5.32 Å². The summed E-state index contributed by atoms with van der Waals surface area (Å²) >= 11 is 3.44. The molecule has 2 rings (SSSR count). The molecule has 21 heavy (non-hydrogen) atoms. The summed E-state index contributed by atoms with van der Waals surface area (Å²) in [6.45, 7) is 6.01. The molecule has 0 aliphatic heterocycles. The van der Waals surface area contributed by atoms with Crippen LogP contribution in [0.25, 0.3) is 0 Å². The number of aryl methyl sites for hydroxylation is 2. The minimum absolute atomic E-state index is 0.173. The second kappa shape index (κ2) is 6.80. The summed E-state index contributed by atoms with van der Waals surface area (Å²) < 4.78 is 12.0. The summed E-state index contributed by atoms with van der Waals surface area (Å²) in [6.07, 6.45) is 1.01. The quantitative estimate of drug-likeness (QED) is 0.892. The van der Waals surface area contributed by atoms with E-state index in [0.717, 1.165) is 21.3 Å². The van der Waals surface area contributed by atoms with Gasteiger partial charge in [-0.1, -0.05) is 15.9 Å². The fourth-order valence-corrected chi connectivity index (χ4v) is 2.73. The number of rotatable bonds is 5. The van der Waals surface area contributed by atoms with Crippen LogP contribution >= 0.6 is 15.9 Å². The first kappa shape index (κ1) is 15.6. The molecular formula is C16H18BrNO3. The van der Waals surface area contributed by atoms with E-state index in [4.69, 9.17) is 9.15 Å². The van der Waals surface area contributed by atoms with Crippen molar-refractivity contribution in [2.45, 2.75) is 33.4 Å². The normalized spacial score (nSPS) is 12.0. The lowest BCUT2D eigenvalue weighted by atomic mass is 10.1. The van der Waals surface area contributed by atoms with Crippen LogP contribution in [-0.2, 0) is 11.3 Å². The van der Waals surface area contributed by atoms with Gasteiger partial charge in [-0.25, -0.2) is 0 Å². The van der Waals surface area contributed by atoms with Crippen LogP contribution in [0.1, 0.15) is 23.8 Å². The van der Waals surface area contributed by atoms with Crippen molar-refractivity contribution in [2.24, 2.45) is 0 Å². The number of ether oxygens (including phenoxy) is 1. The molecule has 0 fully saturated rings. The first-order valence-corrected chi connectivity index (χ1v) is 7.50. The van der Waals surface area contributed by atoms with E-state index in [2.05, 4.69) is 21.2 Å². The van der Waals surface area contributed by atoms with Gasteiger partial charge in [0, 0.05) is 4.47 Å². The maximum atomic E-state index is 12.0. The summed E-state index contributed by atoms with van der Waals surface area (Å²) in [4.78, 5) is 12.0. The Morgan fingerprint density at radius 1 is 1.38 bits per heavy atom. The van der Waals surface area contributed by atoms with Crippen molar-refractivity contribution in [3.05, 3.63) is 51.9 Å². The fraction of sp³-hybridized carbons (Fsp3) is 0.312. The average Bonchev–Trinajstić information content (AvgIpc) is 2.93. The van der Waals surface area contributed by atoms with Gasteiger partial charge in [0.15, 0.2) is 6.10 Å². The number of hydrogen-bond donors (Lipinski definition) is 1. The number of halogens is 1. The van der Waals surface area contributed by atoms with Crippen molar-refractivity contribution < 1.29 is 13.9 Å². The number of benzene rings is 1. The molecule has 0 radical (unpaired) electrons. The van der Waals surface area contributed by atoms with Crippen LogP contribution in [0.5, 0.6) is 5.75 Å². The summed E-state index contributed by atoms with van der Waals surface area (Å²) in [5, 5.41) is 2.79. The third-order valence-corrected chi connectivity index (χ3v) is 3.56. The number of amides is 1. The van der Waals surface area contributed by atoms with Crippen molar-refractivity contribution in [2.75, 3.05) is 0 Å².